The van der Waals surface area contributed by atoms with Gasteiger partial charge >= 0.3 is 13.2 Å². The number of carbonyl (C=O) groups excluding carboxylic acids is 3. The number of amides is 3. The molecule has 10 nitrogen and oxygen atoms in total. The van der Waals surface area contributed by atoms with Crippen molar-refractivity contribution in [1.82, 2.24) is 20.9 Å². The van der Waals surface area contributed by atoms with Gasteiger partial charge in [-0.05, 0) is 55.4 Å². The molecule has 0 bridgehead atoms. The number of nitrogens with one attached hydrogen (secondary N) is 4. The molecule has 2 atom stereocenters. The normalized spacial score (nSPS) is 13.8. The molecule has 1 aromatic heterocycles. The van der Waals surface area contributed by atoms with Crippen molar-refractivity contribution in [3.8, 4) is 0 Å². The van der Waals surface area contributed by atoms with E-state index in [0.29, 0.717) is 0 Å². The molecule has 3 amide bonds. The zero-order chi connectivity index (χ0) is 32.2. The Morgan fingerprint density at radius 3 is 2.31 bits per heavy atom. The minimum absolute atomic E-state index is 0.00442. The van der Waals surface area contributed by atoms with Crippen LogP contribution in [0.4, 0.5) is 4.79 Å². The second kappa shape index (κ2) is 16.5. The van der Waals surface area contributed by atoms with Crippen LogP contribution in [0.25, 0.3) is 10.9 Å². The van der Waals surface area contributed by atoms with Crippen molar-refractivity contribution in [2.75, 3.05) is 6.54 Å². The molecule has 1 aliphatic carbocycles. The average molecular weight is 613 g/mol. The van der Waals surface area contributed by atoms with E-state index in [1.54, 1.807) is 0 Å². The van der Waals surface area contributed by atoms with Gasteiger partial charge in [0.2, 0.25) is 11.8 Å². The molecule has 2 unspecified atom stereocenters. The Morgan fingerprint density at radius 1 is 0.933 bits per heavy atom. The zero-order valence-corrected chi connectivity index (χ0v) is 25.7. The minimum Gasteiger partial charge on any atom is -0.445 e. The lowest BCUT2D eigenvalue weighted by Gasteiger charge is -2.33. The zero-order valence-electron chi connectivity index (χ0n) is 25.7. The highest BCUT2D eigenvalue weighted by atomic mass is 16.5. The number of rotatable bonds is 11. The standard InChI is InChI=1S/C25H32BN3O6.C9H9N/c1-17-7-5-10-19(13-17)14-21(28-25(32)35-16-18-8-3-2-4-9-18)24(31)27-15-22(30)29-23(26(33)34)20-11-6-12-20;1-7-6-10-9-5-3-2-4-8(7)9/h2-5,7-10,13,20-21,23,33-34H,6,11-12,14-16H2,1H3,(H,27,31)(H,28,32)(H,29,30);2-6,10H,1H3. The summed E-state index contributed by atoms with van der Waals surface area (Å²) >= 11 is 0. The molecule has 1 fully saturated rings. The Kier molecular flexibility index (Phi) is 12.2. The molecule has 11 heteroatoms. The van der Waals surface area contributed by atoms with Crippen LogP contribution >= 0.6 is 0 Å². The van der Waals surface area contributed by atoms with Gasteiger partial charge in [-0.2, -0.15) is 0 Å². The Balaban J connectivity index is 0.000000385. The maximum Gasteiger partial charge on any atom is 0.475 e. The SMILES string of the molecule is Cc1c[nH]c2ccccc12.Cc1cccc(CC(NC(=O)OCc2ccccc2)C(=O)NCC(=O)NC(B(O)O)C2CCC2)c1. The number of hydrogen-bond donors (Lipinski definition) is 6. The Labute approximate surface area is 263 Å². The highest BCUT2D eigenvalue weighted by Gasteiger charge is 2.36. The van der Waals surface area contributed by atoms with Crippen LogP contribution in [0.1, 0.15) is 41.5 Å². The van der Waals surface area contributed by atoms with Gasteiger partial charge in [-0.1, -0.05) is 84.8 Å². The summed E-state index contributed by atoms with van der Waals surface area (Å²) in [7, 11) is -1.67. The first-order chi connectivity index (χ1) is 21.7. The molecular formula is C34H41BN4O6. The van der Waals surface area contributed by atoms with Gasteiger partial charge in [-0.25, -0.2) is 4.79 Å². The molecule has 1 saturated carbocycles. The molecule has 236 valence electrons. The first kappa shape index (κ1) is 33.3. The lowest BCUT2D eigenvalue weighted by atomic mass is 9.64. The largest absolute Gasteiger partial charge is 0.475 e. The second-order valence-electron chi connectivity index (χ2n) is 11.4. The predicted octanol–water partition coefficient (Wildman–Crippen LogP) is 3.72. The van der Waals surface area contributed by atoms with Gasteiger partial charge in [0.25, 0.3) is 0 Å². The smallest absolute Gasteiger partial charge is 0.445 e. The third-order valence-electron chi connectivity index (χ3n) is 7.87. The van der Waals surface area contributed by atoms with Crippen molar-refractivity contribution in [3.05, 3.63) is 107 Å². The van der Waals surface area contributed by atoms with Crippen molar-refractivity contribution in [1.29, 1.82) is 0 Å². The Morgan fingerprint density at radius 2 is 1.64 bits per heavy atom. The third-order valence-corrected chi connectivity index (χ3v) is 7.87. The molecule has 3 aromatic carbocycles. The van der Waals surface area contributed by atoms with Gasteiger partial charge in [-0.3, -0.25) is 9.59 Å². The van der Waals surface area contributed by atoms with Crippen molar-refractivity contribution in [2.45, 2.75) is 58.1 Å². The van der Waals surface area contributed by atoms with Gasteiger partial charge in [0, 0.05) is 23.5 Å². The third kappa shape index (κ3) is 10.2. The fourth-order valence-electron chi connectivity index (χ4n) is 5.17. The van der Waals surface area contributed by atoms with Crippen LogP contribution < -0.4 is 16.0 Å². The van der Waals surface area contributed by atoms with Crippen LogP contribution in [0.15, 0.2) is 85.1 Å². The van der Waals surface area contributed by atoms with E-state index in [9.17, 15) is 24.4 Å². The molecule has 45 heavy (non-hydrogen) atoms. The van der Waals surface area contributed by atoms with E-state index in [4.69, 9.17) is 4.74 Å². The number of H-pyrrole nitrogens is 1. The van der Waals surface area contributed by atoms with Crippen LogP contribution in [0.5, 0.6) is 0 Å². The van der Waals surface area contributed by atoms with Gasteiger partial charge < -0.3 is 35.7 Å². The van der Waals surface area contributed by atoms with Crippen molar-refractivity contribution in [2.24, 2.45) is 5.92 Å². The number of para-hydroxylation sites is 1. The van der Waals surface area contributed by atoms with E-state index in [-0.39, 0.29) is 25.5 Å². The number of hydrogen-bond acceptors (Lipinski definition) is 6. The number of alkyl carbamates (subject to hydrolysis) is 1. The number of aromatic amines is 1. The molecular weight excluding hydrogens is 571 g/mol. The summed E-state index contributed by atoms with van der Waals surface area (Å²) in [5.41, 5.74) is 5.20. The summed E-state index contributed by atoms with van der Waals surface area (Å²) in [6, 6.07) is 24.1. The quantitative estimate of drug-likeness (QED) is 0.142. The summed E-state index contributed by atoms with van der Waals surface area (Å²) < 4.78 is 5.25. The van der Waals surface area contributed by atoms with E-state index >= 15 is 0 Å². The molecule has 0 spiro atoms. The van der Waals surface area contributed by atoms with Gasteiger partial charge in [0.05, 0.1) is 12.5 Å². The van der Waals surface area contributed by atoms with Crippen LogP contribution in [0.2, 0.25) is 0 Å². The maximum atomic E-state index is 12.9. The summed E-state index contributed by atoms with van der Waals surface area (Å²) in [5, 5.41) is 28.2. The molecule has 0 saturated heterocycles. The first-order valence-corrected chi connectivity index (χ1v) is 15.2. The molecule has 0 aliphatic heterocycles. The van der Waals surface area contributed by atoms with E-state index in [1.807, 2.05) is 73.8 Å². The number of aryl methyl sites for hydroxylation is 2. The van der Waals surface area contributed by atoms with Crippen molar-refractivity contribution < 1.29 is 29.2 Å². The molecule has 4 aromatic rings. The molecule has 6 N–H and O–H groups in total. The van der Waals surface area contributed by atoms with E-state index in [1.165, 1.54) is 16.5 Å². The second-order valence-corrected chi connectivity index (χ2v) is 11.4. The van der Waals surface area contributed by atoms with Gasteiger partial charge in [0.15, 0.2) is 0 Å². The summed E-state index contributed by atoms with van der Waals surface area (Å²) in [4.78, 5) is 40.9. The first-order valence-electron chi connectivity index (χ1n) is 15.2. The Hall–Kier alpha value is -4.61. The minimum atomic E-state index is -1.67. The number of benzene rings is 3. The van der Waals surface area contributed by atoms with E-state index in [2.05, 4.69) is 46.1 Å². The lowest BCUT2D eigenvalue weighted by Crippen LogP contribution is -2.56. The van der Waals surface area contributed by atoms with Crippen molar-refractivity contribution in [3.63, 3.8) is 0 Å². The van der Waals surface area contributed by atoms with Gasteiger partial charge in [0.1, 0.15) is 12.6 Å². The number of carbonyl (C=O) groups is 3. The average Bonchev–Trinajstić information content (AvgIpc) is 3.38. The number of ether oxygens (including phenoxy) is 1. The van der Waals surface area contributed by atoms with Crippen molar-refractivity contribution >= 4 is 35.9 Å². The molecule has 1 heterocycles. The Bertz CT molecular complexity index is 1560. The molecule has 0 radical (unpaired) electrons. The van der Waals surface area contributed by atoms with Crippen LogP contribution in [0, 0.1) is 19.8 Å². The van der Waals surface area contributed by atoms with E-state index in [0.717, 1.165) is 36.0 Å². The predicted molar refractivity (Wildman–Crippen MR) is 174 cm³/mol. The highest BCUT2D eigenvalue weighted by Crippen LogP contribution is 2.30. The molecule has 1 aliphatic rings. The maximum absolute atomic E-state index is 12.9. The fourth-order valence-corrected chi connectivity index (χ4v) is 5.17. The summed E-state index contributed by atoms with van der Waals surface area (Å²) in [6.45, 7) is 3.73. The summed E-state index contributed by atoms with van der Waals surface area (Å²) in [5.74, 6) is -1.86. The topological polar surface area (TPSA) is 153 Å². The number of aromatic nitrogens is 1. The van der Waals surface area contributed by atoms with Crippen LogP contribution in [-0.4, -0.2) is 58.6 Å². The highest BCUT2D eigenvalue weighted by molar-refractivity contribution is 6.43. The summed E-state index contributed by atoms with van der Waals surface area (Å²) in [6.07, 6.45) is 4.08. The monoisotopic (exact) mass is 612 g/mol. The van der Waals surface area contributed by atoms with E-state index < -0.39 is 37.0 Å². The lowest BCUT2D eigenvalue weighted by molar-refractivity contribution is -0.127. The van der Waals surface area contributed by atoms with Gasteiger partial charge in [-0.15, -0.1) is 0 Å². The molecule has 5 rings (SSSR count). The fraction of sp³-hybridized carbons (Fsp3) is 0.324. The van der Waals surface area contributed by atoms with Crippen LogP contribution in [0.3, 0.4) is 0 Å². The number of fused-ring (bicyclic) bond motifs is 1. The van der Waals surface area contributed by atoms with Crippen LogP contribution in [-0.2, 0) is 27.4 Å².